The molecule has 0 bridgehead atoms. The van der Waals surface area contributed by atoms with Crippen LogP contribution in [0, 0.1) is 6.92 Å². The van der Waals surface area contributed by atoms with E-state index < -0.39 is 0 Å². The number of nitrogens with zero attached hydrogens (tertiary/aromatic N) is 6. The van der Waals surface area contributed by atoms with Gasteiger partial charge in [0.1, 0.15) is 11.6 Å². The molecule has 0 atom stereocenters. The smallest absolute Gasteiger partial charge is 0.153 e. The van der Waals surface area contributed by atoms with Crippen molar-refractivity contribution in [2.24, 2.45) is 7.05 Å². The fraction of sp³-hybridized carbons (Fsp3) is 0.400. The normalized spacial score (nSPS) is 15.8. The van der Waals surface area contributed by atoms with Crippen molar-refractivity contribution in [1.82, 2.24) is 29.4 Å². The summed E-state index contributed by atoms with van der Waals surface area (Å²) in [4.78, 5) is 20.6. The lowest BCUT2D eigenvalue weighted by atomic mass is 9.93. The van der Waals surface area contributed by atoms with Gasteiger partial charge in [-0.05, 0) is 45.0 Å². The number of hydrogen-bond acceptors (Lipinski definition) is 6. The molecule has 4 rings (SSSR count). The van der Waals surface area contributed by atoms with E-state index in [0.29, 0.717) is 5.92 Å². The molecule has 0 aromatic carbocycles. The van der Waals surface area contributed by atoms with Gasteiger partial charge in [-0.2, -0.15) is 0 Å². The topological polar surface area (TPSA) is 71.8 Å². The summed E-state index contributed by atoms with van der Waals surface area (Å²) < 4.78 is 2.09. The summed E-state index contributed by atoms with van der Waals surface area (Å²) in [5.74, 6) is 3.14. The second-order valence-electron chi connectivity index (χ2n) is 7.08. The van der Waals surface area contributed by atoms with Gasteiger partial charge in [0.05, 0.1) is 12.2 Å². The van der Waals surface area contributed by atoms with E-state index in [2.05, 4.69) is 34.7 Å². The molecule has 0 unspecified atom stereocenters. The molecule has 0 amide bonds. The molecule has 0 spiro atoms. The second-order valence-corrected chi connectivity index (χ2v) is 7.08. The van der Waals surface area contributed by atoms with Crippen molar-refractivity contribution in [3.05, 3.63) is 60.2 Å². The number of aromatic nitrogens is 5. The van der Waals surface area contributed by atoms with Crippen LogP contribution in [0.2, 0.25) is 0 Å². The predicted molar refractivity (Wildman–Crippen MR) is 105 cm³/mol. The molecule has 1 N–H and O–H groups in total. The standard InChI is InChI=1S/C20H25N7/c1-15-4-3-5-17(24-15)25-20-19(22-8-9-23-20)16-6-11-27(12-7-16)14-18-21-10-13-26(18)2/h3-5,8-10,13,16H,6-7,11-12,14H2,1-2H3,(H,23,24,25). The SMILES string of the molecule is Cc1cccc(Nc2nccnc2C2CCN(Cc3nccn3C)CC2)n1. The molecule has 27 heavy (non-hydrogen) atoms. The highest BCUT2D eigenvalue weighted by Crippen LogP contribution is 2.31. The molecule has 140 valence electrons. The van der Waals surface area contributed by atoms with Gasteiger partial charge in [-0.3, -0.25) is 9.88 Å². The average Bonchev–Trinajstić information content (AvgIpc) is 3.08. The summed E-state index contributed by atoms with van der Waals surface area (Å²) in [6.07, 6.45) is 9.51. The third-order valence-corrected chi connectivity index (χ3v) is 5.12. The molecular weight excluding hydrogens is 338 g/mol. The molecule has 0 saturated carbocycles. The maximum Gasteiger partial charge on any atom is 0.153 e. The summed E-state index contributed by atoms with van der Waals surface area (Å²) in [6, 6.07) is 5.94. The minimum Gasteiger partial charge on any atom is -0.337 e. The first-order valence-electron chi connectivity index (χ1n) is 9.39. The largest absolute Gasteiger partial charge is 0.337 e. The van der Waals surface area contributed by atoms with Crippen LogP contribution in [-0.4, -0.2) is 42.5 Å². The Morgan fingerprint density at radius 1 is 1.07 bits per heavy atom. The van der Waals surface area contributed by atoms with E-state index in [1.165, 1.54) is 0 Å². The van der Waals surface area contributed by atoms with Crippen LogP contribution in [0.5, 0.6) is 0 Å². The quantitative estimate of drug-likeness (QED) is 0.751. The Bertz CT molecular complexity index is 897. The lowest BCUT2D eigenvalue weighted by molar-refractivity contribution is 0.197. The fourth-order valence-electron chi connectivity index (χ4n) is 3.59. The number of rotatable bonds is 5. The number of likely N-dealkylation sites (tertiary alicyclic amines) is 1. The highest BCUT2D eigenvalue weighted by molar-refractivity contribution is 5.54. The van der Waals surface area contributed by atoms with Crippen LogP contribution < -0.4 is 5.32 Å². The molecule has 7 heteroatoms. The highest BCUT2D eigenvalue weighted by atomic mass is 15.2. The fourth-order valence-corrected chi connectivity index (χ4v) is 3.59. The average molecular weight is 363 g/mol. The van der Waals surface area contributed by atoms with Crippen molar-refractivity contribution < 1.29 is 0 Å². The maximum absolute atomic E-state index is 4.65. The maximum atomic E-state index is 4.65. The van der Waals surface area contributed by atoms with Crippen LogP contribution in [0.1, 0.15) is 36.0 Å². The van der Waals surface area contributed by atoms with Gasteiger partial charge in [0.15, 0.2) is 5.82 Å². The van der Waals surface area contributed by atoms with Crippen LogP contribution in [0.15, 0.2) is 43.0 Å². The molecule has 3 aromatic heterocycles. The molecule has 7 nitrogen and oxygen atoms in total. The zero-order valence-electron chi connectivity index (χ0n) is 15.8. The van der Waals surface area contributed by atoms with Gasteiger partial charge in [0.25, 0.3) is 0 Å². The highest BCUT2D eigenvalue weighted by Gasteiger charge is 2.25. The summed E-state index contributed by atoms with van der Waals surface area (Å²) in [5.41, 5.74) is 2.02. The Morgan fingerprint density at radius 3 is 2.63 bits per heavy atom. The van der Waals surface area contributed by atoms with Crippen molar-refractivity contribution in [2.45, 2.75) is 32.2 Å². The van der Waals surface area contributed by atoms with E-state index in [1.807, 2.05) is 44.6 Å². The number of hydrogen-bond donors (Lipinski definition) is 1. The van der Waals surface area contributed by atoms with Gasteiger partial charge in [0, 0.05) is 43.4 Å². The van der Waals surface area contributed by atoms with Crippen LogP contribution in [0.4, 0.5) is 11.6 Å². The van der Waals surface area contributed by atoms with Crippen molar-refractivity contribution >= 4 is 11.6 Å². The van der Waals surface area contributed by atoms with Gasteiger partial charge in [-0.15, -0.1) is 0 Å². The Hall–Kier alpha value is -2.80. The minimum atomic E-state index is 0.406. The molecule has 1 aliphatic heterocycles. The van der Waals surface area contributed by atoms with Crippen LogP contribution >= 0.6 is 0 Å². The molecule has 0 radical (unpaired) electrons. The number of piperidine rings is 1. The number of aryl methyl sites for hydroxylation is 2. The molecule has 1 aliphatic rings. The molecule has 3 aromatic rings. The Balaban J connectivity index is 1.43. The lowest BCUT2D eigenvalue weighted by Crippen LogP contribution is -2.33. The van der Waals surface area contributed by atoms with Gasteiger partial charge >= 0.3 is 0 Å². The first kappa shape index (κ1) is 17.6. The van der Waals surface area contributed by atoms with Gasteiger partial charge in [-0.1, -0.05) is 6.07 Å². The number of pyridine rings is 1. The van der Waals surface area contributed by atoms with Crippen molar-refractivity contribution in [3.8, 4) is 0 Å². The third kappa shape index (κ3) is 4.14. The predicted octanol–water partition coefficient (Wildman–Crippen LogP) is 3.04. The lowest BCUT2D eigenvalue weighted by Gasteiger charge is -2.31. The third-order valence-electron chi connectivity index (χ3n) is 5.12. The summed E-state index contributed by atoms with van der Waals surface area (Å²) in [5, 5.41) is 3.35. The molecule has 0 aliphatic carbocycles. The van der Waals surface area contributed by atoms with Gasteiger partial charge in [-0.25, -0.2) is 15.0 Å². The van der Waals surface area contributed by atoms with Crippen molar-refractivity contribution in [1.29, 1.82) is 0 Å². The number of imidazole rings is 1. The van der Waals surface area contributed by atoms with E-state index in [4.69, 9.17) is 0 Å². The Labute approximate surface area is 159 Å². The van der Waals surface area contributed by atoms with Crippen LogP contribution in [-0.2, 0) is 13.6 Å². The van der Waals surface area contributed by atoms with Crippen LogP contribution in [0.25, 0.3) is 0 Å². The Morgan fingerprint density at radius 2 is 1.89 bits per heavy atom. The van der Waals surface area contributed by atoms with E-state index in [9.17, 15) is 0 Å². The second kappa shape index (κ2) is 7.84. The first-order valence-corrected chi connectivity index (χ1v) is 9.39. The number of nitrogens with one attached hydrogen (secondary N) is 1. The van der Waals surface area contributed by atoms with Gasteiger partial charge in [0.2, 0.25) is 0 Å². The zero-order chi connectivity index (χ0) is 18.6. The molecule has 4 heterocycles. The van der Waals surface area contributed by atoms with E-state index in [0.717, 1.165) is 61.3 Å². The van der Waals surface area contributed by atoms with Crippen LogP contribution in [0.3, 0.4) is 0 Å². The minimum absolute atomic E-state index is 0.406. The molecule has 1 fully saturated rings. The summed E-state index contributed by atoms with van der Waals surface area (Å²) in [7, 11) is 2.05. The summed E-state index contributed by atoms with van der Waals surface area (Å²) >= 11 is 0. The monoisotopic (exact) mass is 363 g/mol. The first-order chi connectivity index (χ1) is 13.2. The van der Waals surface area contributed by atoms with E-state index >= 15 is 0 Å². The van der Waals surface area contributed by atoms with Crippen molar-refractivity contribution in [3.63, 3.8) is 0 Å². The zero-order valence-corrected chi connectivity index (χ0v) is 15.8. The molecule has 1 saturated heterocycles. The van der Waals surface area contributed by atoms with Gasteiger partial charge < -0.3 is 9.88 Å². The molecular formula is C20H25N7. The number of anilines is 2. The van der Waals surface area contributed by atoms with Crippen molar-refractivity contribution in [2.75, 3.05) is 18.4 Å². The Kier molecular flexibility index (Phi) is 5.11. The van der Waals surface area contributed by atoms with E-state index in [1.54, 1.807) is 12.4 Å². The van der Waals surface area contributed by atoms with E-state index in [-0.39, 0.29) is 0 Å². The summed E-state index contributed by atoms with van der Waals surface area (Å²) in [6.45, 7) is 4.96.